The number of β-lactam (4-membered cyclic amide) rings is 1. The number of rotatable bonds is 7. The average molecular weight is 640 g/mol. The summed E-state index contributed by atoms with van der Waals surface area (Å²) in [5.41, 5.74) is 7.33. The lowest BCUT2D eigenvalue weighted by Gasteiger charge is -2.49. The van der Waals surface area contributed by atoms with E-state index in [1.807, 2.05) is 68.3 Å². The zero-order valence-electron chi connectivity index (χ0n) is 18.6. The Kier molecular flexibility index (Phi) is 6.60. The average Bonchev–Trinajstić information content (AvgIpc) is 3.42. The lowest BCUT2D eigenvalue weighted by Crippen LogP contribution is -2.71. The van der Waals surface area contributed by atoms with Crippen molar-refractivity contribution in [3.63, 3.8) is 0 Å². The summed E-state index contributed by atoms with van der Waals surface area (Å²) in [7, 11) is 1.29. The molecule has 0 radical (unpaired) electrons. The molecule has 2 aliphatic heterocycles. The molecule has 4 N–H and O–H groups in total. The number of thiazole rings is 1. The molecule has 0 unspecified atom stereocenters. The number of nitrogens with zero attached hydrogens (tertiary/aromatic N) is 5. The van der Waals surface area contributed by atoms with Crippen LogP contribution in [0.3, 0.4) is 0 Å². The first-order valence-electron chi connectivity index (χ1n) is 10.5. The number of aromatic nitrogens is 3. The fraction of sp³-hybridized carbons (Fsp3) is 0.238. The van der Waals surface area contributed by atoms with Gasteiger partial charge in [-0.15, -0.1) is 11.8 Å². The van der Waals surface area contributed by atoms with Crippen LogP contribution in [0.15, 0.2) is 53.2 Å². The Morgan fingerprint density at radius 3 is 2.92 bits per heavy atom. The van der Waals surface area contributed by atoms with Crippen LogP contribution in [0.4, 0.5) is 5.13 Å². The third-order valence-corrected chi connectivity index (χ3v) is 8.88. The Bertz CT molecular complexity index is 1470. The maximum atomic E-state index is 13.1. The van der Waals surface area contributed by atoms with E-state index in [0.717, 1.165) is 5.65 Å². The maximum Gasteiger partial charge on any atom is 0.352 e. The van der Waals surface area contributed by atoms with Gasteiger partial charge in [0.25, 0.3) is 17.5 Å². The number of thioether (sulfide) groups is 1. The number of nitrogens with one attached hydrogen (secondary N) is 1. The molecule has 15 heteroatoms. The lowest BCUT2D eigenvalue weighted by atomic mass is 10.0. The van der Waals surface area contributed by atoms with Gasteiger partial charge in [-0.2, -0.15) is 0 Å². The first kappa shape index (κ1) is 24.5. The van der Waals surface area contributed by atoms with Gasteiger partial charge in [0, 0.05) is 17.4 Å². The minimum atomic E-state index is -1.19. The van der Waals surface area contributed by atoms with E-state index < -0.39 is 29.2 Å². The number of anilines is 1. The number of nitrogens with two attached hydrogens (primary N) is 1. The highest BCUT2D eigenvalue weighted by Crippen LogP contribution is 2.40. The van der Waals surface area contributed by atoms with E-state index in [1.165, 1.54) is 35.1 Å². The number of nitrogen functional groups attached to an aromatic ring is 1. The minimum Gasteiger partial charge on any atom is -0.477 e. The van der Waals surface area contributed by atoms with E-state index in [4.69, 9.17) is 10.6 Å². The zero-order chi connectivity index (χ0) is 25.6. The molecule has 3 aromatic rings. The Hall–Kier alpha value is -3.18. The van der Waals surface area contributed by atoms with E-state index in [1.54, 1.807) is 0 Å². The molecule has 186 valence electrons. The molecule has 0 aromatic carbocycles. The first-order valence-corrected chi connectivity index (χ1v) is 13.4. The van der Waals surface area contributed by atoms with E-state index in [2.05, 4.69) is 15.5 Å². The van der Waals surface area contributed by atoms with Crippen LogP contribution in [0, 0.1) is 2.88 Å². The second-order valence-corrected chi connectivity index (χ2v) is 11.8. The quantitative estimate of drug-likeness (QED) is 0.112. The number of amides is 2. The van der Waals surface area contributed by atoms with Gasteiger partial charge < -0.3 is 21.0 Å². The van der Waals surface area contributed by atoms with Crippen LogP contribution in [0.1, 0.15) is 5.69 Å². The highest BCUT2D eigenvalue weighted by atomic mass is 127. The first-order chi connectivity index (χ1) is 17.3. The highest BCUT2D eigenvalue weighted by molar-refractivity contribution is 14.1. The number of pyridine rings is 1. The van der Waals surface area contributed by atoms with Crippen LogP contribution in [0.25, 0.3) is 5.65 Å². The van der Waals surface area contributed by atoms with Crippen molar-refractivity contribution >= 4 is 80.0 Å². The van der Waals surface area contributed by atoms with E-state index in [0.29, 0.717) is 20.8 Å². The number of oxime groups is 1. The monoisotopic (exact) mass is 640 g/mol. The van der Waals surface area contributed by atoms with Gasteiger partial charge in [0.2, 0.25) is 0 Å². The summed E-state index contributed by atoms with van der Waals surface area (Å²) in [5.74, 6) is -1.97. The standard InChI is InChI=1S/C21H18IN7O5S2/c1-34-26-13(12-16(22)36-21(23)25-12)17(30)24-14-18(31)29-15(20(32)33)10(9-35-19(14)29)8-28-7-6-27-5-3-2-4-11(27)28/h2-7,14,19H,8-9H2,1H3,(H3-,23,24,25,30,32,33)/p+1/b26-13-/t14-,19-/m1/s1. The summed E-state index contributed by atoms with van der Waals surface area (Å²) in [4.78, 5) is 48.5. The molecule has 1 fully saturated rings. The number of aliphatic carboxylic acids is 1. The van der Waals surface area contributed by atoms with Crippen LogP contribution in [0.2, 0.25) is 0 Å². The molecule has 3 aromatic heterocycles. The van der Waals surface area contributed by atoms with Gasteiger partial charge in [-0.25, -0.2) is 18.7 Å². The number of hydrogen-bond donors (Lipinski definition) is 3. The summed E-state index contributed by atoms with van der Waals surface area (Å²) in [6, 6.07) is 4.81. The molecular formula is C21H19IN7O5S2+. The van der Waals surface area contributed by atoms with Crippen molar-refractivity contribution < 1.29 is 28.9 Å². The third-order valence-electron chi connectivity index (χ3n) is 5.69. The van der Waals surface area contributed by atoms with E-state index in [-0.39, 0.29) is 22.2 Å². The molecule has 1 saturated heterocycles. The van der Waals surface area contributed by atoms with Crippen molar-refractivity contribution in [1.29, 1.82) is 0 Å². The molecule has 5 heterocycles. The zero-order valence-corrected chi connectivity index (χ0v) is 22.4. The maximum absolute atomic E-state index is 13.1. The summed E-state index contributed by atoms with van der Waals surface area (Å²) in [6.07, 6.45) is 5.65. The van der Waals surface area contributed by atoms with Crippen molar-refractivity contribution in [3.05, 3.63) is 56.6 Å². The van der Waals surface area contributed by atoms with Crippen LogP contribution in [-0.4, -0.2) is 67.2 Å². The van der Waals surface area contributed by atoms with Gasteiger partial charge in [-0.1, -0.05) is 22.6 Å². The van der Waals surface area contributed by atoms with Crippen molar-refractivity contribution in [3.8, 4) is 0 Å². The van der Waals surface area contributed by atoms with Gasteiger partial charge in [-0.05, 0) is 28.7 Å². The fourth-order valence-corrected chi connectivity index (χ4v) is 7.09. The molecule has 2 amide bonds. The van der Waals surface area contributed by atoms with Crippen LogP contribution in [0.5, 0.6) is 0 Å². The minimum absolute atomic E-state index is 0.0513. The van der Waals surface area contributed by atoms with Crippen molar-refractivity contribution in [2.45, 2.75) is 18.0 Å². The molecule has 5 rings (SSSR count). The van der Waals surface area contributed by atoms with Crippen molar-refractivity contribution in [2.24, 2.45) is 5.16 Å². The van der Waals surface area contributed by atoms with E-state index >= 15 is 0 Å². The molecule has 0 aliphatic carbocycles. The lowest BCUT2D eigenvalue weighted by molar-refractivity contribution is -0.662. The predicted molar refractivity (Wildman–Crippen MR) is 140 cm³/mol. The second kappa shape index (κ2) is 9.70. The van der Waals surface area contributed by atoms with Crippen LogP contribution >= 0.6 is 45.7 Å². The van der Waals surface area contributed by atoms with Crippen molar-refractivity contribution in [1.82, 2.24) is 19.6 Å². The molecule has 0 spiro atoms. The summed E-state index contributed by atoms with van der Waals surface area (Å²) < 4.78 is 4.49. The molecule has 0 bridgehead atoms. The second-order valence-electron chi connectivity index (χ2n) is 7.81. The summed E-state index contributed by atoms with van der Waals surface area (Å²) in [6.45, 7) is 0.316. The normalized spacial score (nSPS) is 19.8. The smallest absolute Gasteiger partial charge is 0.352 e. The summed E-state index contributed by atoms with van der Waals surface area (Å²) in [5, 5.41) is 16.1. The Morgan fingerprint density at radius 1 is 1.42 bits per heavy atom. The number of carboxylic acids is 1. The third kappa shape index (κ3) is 4.20. The fourth-order valence-electron chi connectivity index (χ4n) is 4.15. The molecule has 0 saturated carbocycles. The van der Waals surface area contributed by atoms with Gasteiger partial charge in [0.1, 0.15) is 48.9 Å². The SMILES string of the molecule is CO/N=C(\C(=O)N[C@@H]1C(=O)N2C(C(=O)O)=C(C[n+]3ccn4ccccc43)CS[C@H]12)c1nc(N)sc1I. The number of carboxylic acid groups (broad SMARTS) is 1. The molecule has 2 aliphatic rings. The molecule has 12 nitrogen and oxygen atoms in total. The number of halogens is 1. The number of hydrogen-bond acceptors (Lipinski definition) is 9. The van der Waals surface area contributed by atoms with E-state index in [9.17, 15) is 19.5 Å². The van der Waals surface area contributed by atoms with Crippen LogP contribution in [-0.2, 0) is 25.8 Å². The predicted octanol–water partition coefficient (Wildman–Crippen LogP) is 0.659. The summed E-state index contributed by atoms with van der Waals surface area (Å²) >= 11 is 4.57. The Morgan fingerprint density at radius 2 is 2.22 bits per heavy atom. The topological polar surface area (TPSA) is 156 Å². The van der Waals surface area contributed by atoms with Gasteiger partial charge in [0.15, 0.2) is 10.8 Å². The number of carbonyl (C=O) groups is 3. The van der Waals surface area contributed by atoms with Crippen LogP contribution < -0.4 is 15.6 Å². The molecular weight excluding hydrogens is 621 g/mol. The largest absolute Gasteiger partial charge is 0.477 e. The van der Waals surface area contributed by atoms with Gasteiger partial charge in [-0.3, -0.25) is 14.5 Å². The number of fused-ring (bicyclic) bond motifs is 2. The number of imidazole rings is 1. The van der Waals surface area contributed by atoms with Gasteiger partial charge >= 0.3 is 5.97 Å². The molecule has 2 atom stereocenters. The Labute approximate surface area is 225 Å². The number of carbonyl (C=O) groups excluding carboxylic acids is 2. The van der Waals surface area contributed by atoms with Crippen molar-refractivity contribution in [2.75, 3.05) is 18.6 Å². The Balaban J connectivity index is 1.38. The molecule has 36 heavy (non-hydrogen) atoms. The highest BCUT2D eigenvalue weighted by Gasteiger charge is 2.54. The van der Waals surface area contributed by atoms with Gasteiger partial charge in [0.05, 0.1) is 9.08 Å².